The van der Waals surface area contributed by atoms with E-state index in [1.54, 1.807) is 0 Å². The molecule has 6 atom stereocenters. The number of carbonyl (C=O) groups is 4. The molecule has 4 rings (SSSR count). The van der Waals surface area contributed by atoms with Gasteiger partial charge in [-0.15, -0.1) is 0 Å². The number of sulfone groups is 1. The van der Waals surface area contributed by atoms with Gasteiger partial charge in [0.15, 0.2) is 9.84 Å². The highest BCUT2D eigenvalue weighted by Crippen LogP contribution is 2.44. The minimum Gasteiger partial charge on any atom is -0.393 e. The van der Waals surface area contributed by atoms with Crippen LogP contribution in [0.15, 0.2) is 0 Å². The Morgan fingerprint density at radius 2 is 0.963 bits per heavy atom. The van der Waals surface area contributed by atoms with Gasteiger partial charge in [0, 0.05) is 0 Å². The van der Waals surface area contributed by atoms with Crippen molar-refractivity contribution in [3.63, 3.8) is 0 Å². The molecule has 0 spiro atoms. The van der Waals surface area contributed by atoms with Crippen molar-refractivity contribution < 1.29 is 37.1 Å². The molecule has 8 nitrogen and oxygen atoms in total. The molecule has 0 N–H and O–H groups in total. The molecule has 0 aromatic heterocycles. The van der Waals surface area contributed by atoms with E-state index < -0.39 is 67.9 Å². The maximum atomic E-state index is 13.0. The summed E-state index contributed by atoms with van der Waals surface area (Å²) in [7, 11) is -3.58. The Morgan fingerprint density at radius 3 is 1.33 bits per heavy atom. The lowest BCUT2D eigenvalue weighted by atomic mass is 9.80. The Hall–Kier alpha value is -1.77. The number of cyclic esters (lactones) is 4. The van der Waals surface area contributed by atoms with Gasteiger partial charge in [-0.1, -0.05) is 13.8 Å². The van der Waals surface area contributed by atoms with Gasteiger partial charge in [-0.2, -0.15) is 0 Å². The zero-order valence-corrected chi connectivity index (χ0v) is 16.2. The number of ether oxygens (including phenoxy) is 2. The van der Waals surface area contributed by atoms with Gasteiger partial charge in [0.25, 0.3) is 0 Å². The highest BCUT2D eigenvalue weighted by atomic mass is 32.2. The van der Waals surface area contributed by atoms with Crippen LogP contribution in [0.1, 0.15) is 52.4 Å². The molecule has 4 fully saturated rings. The van der Waals surface area contributed by atoms with Crippen molar-refractivity contribution >= 4 is 33.7 Å². The van der Waals surface area contributed by atoms with Crippen molar-refractivity contribution in [3.8, 4) is 0 Å². The second-order valence-corrected chi connectivity index (χ2v) is 9.88. The van der Waals surface area contributed by atoms with Crippen LogP contribution in [-0.2, 0) is 38.5 Å². The number of hydrogen-bond donors (Lipinski definition) is 0. The normalized spacial score (nSPS) is 38.3. The van der Waals surface area contributed by atoms with E-state index >= 15 is 0 Å². The summed E-state index contributed by atoms with van der Waals surface area (Å²) in [5, 5.41) is -1.44. The van der Waals surface area contributed by atoms with Gasteiger partial charge in [0.1, 0.15) is 0 Å². The van der Waals surface area contributed by atoms with Crippen LogP contribution in [0, 0.1) is 23.7 Å². The summed E-state index contributed by atoms with van der Waals surface area (Å²) in [6, 6.07) is 0. The van der Waals surface area contributed by atoms with E-state index in [0.717, 1.165) is 0 Å². The molecule has 9 heteroatoms. The van der Waals surface area contributed by atoms with Crippen molar-refractivity contribution in [2.24, 2.45) is 23.7 Å². The van der Waals surface area contributed by atoms with Crippen LogP contribution in [0.2, 0.25) is 0 Å². The summed E-state index contributed by atoms with van der Waals surface area (Å²) in [4.78, 5) is 46.7. The number of fused-ring (bicyclic) bond motifs is 2. The second-order valence-electron chi connectivity index (χ2n) is 7.37. The van der Waals surface area contributed by atoms with Crippen molar-refractivity contribution in [3.05, 3.63) is 0 Å². The predicted octanol–water partition coefficient (Wildman–Crippen LogP) is 1.16. The first-order valence-electron chi connectivity index (χ1n) is 9.53. The molecule has 2 heterocycles. The number of hydrogen-bond acceptors (Lipinski definition) is 8. The molecule has 27 heavy (non-hydrogen) atoms. The van der Waals surface area contributed by atoms with Gasteiger partial charge < -0.3 is 9.47 Å². The molecule has 0 radical (unpaired) electrons. The second kappa shape index (κ2) is 7.33. The molecule has 6 unspecified atom stereocenters. The van der Waals surface area contributed by atoms with E-state index in [4.69, 9.17) is 0 Å². The van der Waals surface area contributed by atoms with E-state index in [9.17, 15) is 27.6 Å². The standard InChI is InChI=1S/C16H18O8S.C2H6/c17-13-9-3-1-7(5-11(9)15(19)23-13)25(21,22)8-2-4-10-12(6-8)16(20)24-14(10)18;1-2/h7-12H,1-6H2;1-2H3. The topological polar surface area (TPSA) is 121 Å². The molecule has 2 aliphatic carbocycles. The number of esters is 4. The molecule has 150 valence electrons. The van der Waals surface area contributed by atoms with E-state index in [2.05, 4.69) is 9.47 Å². The van der Waals surface area contributed by atoms with Crippen molar-refractivity contribution in [1.82, 2.24) is 0 Å². The van der Waals surface area contributed by atoms with E-state index in [1.165, 1.54) is 0 Å². The third-order valence-electron chi connectivity index (χ3n) is 6.15. The maximum Gasteiger partial charge on any atom is 0.317 e. The molecular formula is C18H24O8S. The van der Waals surface area contributed by atoms with Crippen molar-refractivity contribution in [2.45, 2.75) is 62.9 Å². The highest BCUT2D eigenvalue weighted by molar-refractivity contribution is 7.92. The monoisotopic (exact) mass is 400 g/mol. The summed E-state index contributed by atoms with van der Waals surface area (Å²) in [5.74, 6) is -4.82. The average Bonchev–Trinajstić information content (AvgIpc) is 3.12. The minimum atomic E-state index is -3.58. The first-order chi connectivity index (χ1) is 12.8. The quantitative estimate of drug-likeness (QED) is 0.500. The molecule has 4 aliphatic rings. The lowest BCUT2D eigenvalue weighted by Crippen LogP contribution is -2.42. The third kappa shape index (κ3) is 3.30. The zero-order chi connectivity index (χ0) is 19.9. The van der Waals surface area contributed by atoms with E-state index in [0.29, 0.717) is 25.7 Å². The van der Waals surface area contributed by atoms with Crippen LogP contribution in [0.4, 0.5) is 0 Å². The Balaban J connectivity index is 0.00000102. The zero-order valence-electron chi connectivity index (χ0n) is 15.4. The number of carbonyl (C=O) groups excluding carboxylic acids is 4. The summed E-state index contributed by atoms with van der Waals surface area (Å²) in [6.07, 6.45) is 1.42. The maximum absolute atomic E-state index is 13.0. The van der Waals surface area contributed by atoms with Crippen LogP contribution >= 0.6 is 0 Å². The van der Waals surface area contributed by atoms with E-state index in [-0.39, 0.29) is 12.8 Å². The molecule has 2 saturated carbocycles. The van der Waals surface area contributed by atoms with Gasteiger partial charge in [-0.25, -0.2) is 8.42 Å². The highest BCUT2D eigenvalue weighted by Gasteiger charge is 2.54. The lowest BCUT2D eigenvalue weighted by molar-refractivity contribution is -0.155. The van der Waals surface area contributed by atoms with Gasteiger partial charge in [-0.05, 0) is 38.5 Å². The van der Waals surface area contributed by atoms with Crippen LogP contribution in [0.3, 0.4) is 0 Å². The molecule has 0 amide bonds. The first kappa shape index (κ1) is 20.0. The van der Waals surface area contributed by atoms with Gasteiger partial charge >= 0.3 is 23.9 Å². The SMILES string of the molecule is CC.O=C1OC(=O)C2CC(S(=O)(=O)C3CCC4C(=O)OC(=O)C4C3)CCC12. The largest absolute Gasteiger partial charge is 0.393 e. The number of rotatable bonds is 2. The van der Waals surface area contributed by atoms with Gasteiger partial charge in [0.05, 0.1) is 34.2 Å². The Morgan fingerprint density at radius 1 is 0.630 bits per heavy atom. The van der Waals surface area contributed by atoms with Crippen LogP contribution in [-0.4, -0.2) is 42.8 Å². The van der Waals surface area contributed by atoms with Crippen LogP contribution < -0.4 is 0 Å². The van der Waals surface area contributed by atoms with Gasteiger partial charge in [0.2, 0.25) is 0 Å². The third-order valence-corrected chi connectivity index (χ3v) is 8.86. The van der Waals surface area contributed by atoms with Gasteiger partial charge in [-0.3, -0.25) is 19.2 Å². The summed E-state index contributed by atoms with van der Waals surface area (Å²) in [5.41, 5.74) is 0. The lowest BCUT2D eigenvalue weighted by Gasteiger charge is -2.33. The molecule has 0 aromatic rings. The summed E-state index contributed by atoms with van der Waals surface area (Å²) in [6.45, 7) is 4.00. The molecule has 0 bridgehead atoms. The molecule has 2 saturated heterocycles. The van der Waals surface area contributed by atoms with Crippen LogP contribution in [0.25, 0.3) is 0 Å². The Bertz CT molecular complexity index is 712. The van der Waals surface area contributed by atoms with Crippen molar-refractivity contribution in [1.29, 1.82) is 0 Å². The minimum absolute atomic E-state index is 0.0888. The Kier molecular flexibility index (Phi) is 5.42. The first-order valence-corrected chi connectivity index (χ1v) is 11.1. The van der Waals surface area contributed by atoms with Crippen molar-refractivity contribution in [2.75, 3.05) is 0 Å². The summed E-state index contributed by atoms with van der Waals surface area (Å²) >= 11 is 0. The smallest absolute Gasteiger partial charge is 0.317 e. The predicted molar refractivity (Wildman–Crippen MR) is 91.7 cm³/mol. The Labute approximate surface area is 157 Å². The van der Waals surface area contributed by atoms with Crippen LogP contribution in [0.5, 0.6) is 0 Å². The fourth-order valence-corrected chi connectivity index (χ4v) is 7.14. The summed E-state index contributed by atoms with van der Waals surface area (Å²) < 4.78 is 35.3. The average molecular weight is 400 g/mol. The molecule has 0 aromatic carbocycles. The fraction of sp³-hybridized carbons (Fsp3) is 0.778. The molecule has 2 aliphatic heterocycles. The molecular weight excluding hydrogens is 376 g/mol. The van der Waals surface area contributed by atoms with E-state index in [1.807, 2.05) is 13.8 Å². The fourth-order valence-electron chi connectivity index (χ4n) is 4.72.